The van der Waals surface area contributed by atoms with Gasteiger partial charge in [-0.3, -0.25) is 9.69 Å². The maximum atomic E-state index is 13.1. The third-order valence-electron chi connectivity index (χ3n) is 6.07. The summed E-state index contributed by atoms with van der Waals surface area (Å²) in [6, 6.07) is 19.7. The van der Waals surface area contributed by atoms with Crippen LogP contribution in [0.2, 0.25) is 0 Å². The Morgan fingerprint density at radius 3 is 2.64 bits per heavy atom. The number of carbonyl (C=O) groups is 1. The van der Waals surface area contributed by atoms with E-state index >= 15 is 0 Å². The first-order chi connectivity index (χ1) is 16.2. The van der Waals surface area contributed by atoms with Gasteiger partial charge in [0.05, 0.1) is 11.0 Å². The number of aromatic amines is 1. The van der Waals surface area contributed by atoms with Crippen LogP contribution in [-0.4, -0.2) is 40.4 Å². The standard InChI is InChI=1S/C27H25FN4O/c28-22-8-6-21(7-9-22)27(33)31-25-11-10-24-26(30-25)23(18-29-24)20-13-16-32(17-14-20)15-12-19-4-2-1-3-5-19/h1-11,13,18,29H,12,14-17H2,(H,30,31,33). The fourth-order valence-electron chi connectivity index (χ4n) is 4.19. The summed E-state index contributed by atoms with van der Waals surface area (Å²) in [6.45, 7) is 2.96. The first-order valence-corrected chi connectivity index (χ1v) is 11.2. The lowest BCUT2D eigenvalue weighted by Crippen LogP contribution is -2.30. The van der Waals surface area contributed by atoms with E-state index < -0.39 is 0 Å². The van der Waals surface area contributed by atoms with Crippen molar-refractivity contribution in [3.8, 4) is 0 Å². The number of fused-ring (bicyclic) bond motifs is 1. The van der Waals surface area contributed by atoms with Crippen LogP contribution in [0, 0.1) is 5.82 Å². The van der Waals surface area contributed by atoms with Gasteiger partial charge in [-0.25, -0.2) is 9.37 Å². The SMILES string of the molecule is O=C(Nc1ccc2[nH]cc(C3=CCN(CCc4ccccc4)CC3)c2n1)c1ccc(F)cc1. The zero-order valence-corrected chi connectivity index (χ0v) is 18.2. The number of pyridine rings is 1. The molecule has 2 aromatic carbocycles. The van der Waals surface area contributed by atoms with Crippen LogP contribution in [0.4, 0.5) is 10.2 Å². The van der Waals surface area contributed by atoms with Gasteiger partial charge in [-0.2, -0.15) is 0 Å². The molecule has 2 N–H and O–H groups in total. The molecule has 5 rings (SSSR count). The number of carbonyl (C=O) groups excluding carboxylic acids is 1. The normalized spacial score (nSPS) is 14.3. The van der Waals surface area contributed by atoms with Crippen LogP contribution in [-0.2, 0) is 6.42 Å². The number of rotatable bonds is 6. The Bertz CT molecular complexity index is 1290. The van der Waals surface area contributed by atoms with Gasteiger partial charge < -0.3 is 10.3 Å². The third kappa shape index (κ3) is 4.86. The molecule has 0 saturated heterocycles. The van der Waals surface area contributed by atoms with E-state index in [0.717, 1.165) is 49.1 Å². The maximum absolute atomic E-state index is 13.1. The lowest BCUT2D eigenvalue weighted by Gasteiger charge is -2.26. The predicted octanol–water partition coefficient (Wildman–Crippen LogP) is 5.29. The monoisotopic (exact) mass is 440 g/mol. The van der Waals surface area contributed by atoms with Crippen LogP contribution >= 0.6 is 0 Å². The highest BCUT2D eigenvalue weighted by molar-refractivity contribution is 6.04. The predicted molar refractivity (Wildman–Crippen MR) is 130 cm³/mol. The van der Waals surface area contributed by atoms with E-state index in [4.69, 9.17) is 4.98 Å². The van der Waals surface area contributed by atoms with Crippen molar-refractivity contribution < 1.29 is 9.18 Å². The number of anilines is 1. The largest absolute Gasteiger partial charge is 0.359 e. The third-order valence-corrected chi connectivity index (χ3v) is 6.07. The molecule has 2 aromatic heterocycles. The molecule has 0 spiro atoms. The van der Waals surface area contributed by atoms with E-state index in [1.807, 2.05) is 18.3 Å². The average molecular weight is 441 g/mol. The summed E-state index contributed by atoms with van der Waals surface area (Å²) >= 11 is 0. The quantitative estimate of drug-likeness (QED) is 0.429. The zero-order chi connectivity index (χ0) is 22.6. The molecule has 6 heteroatoms. The number of halogens is 1. The summed E-state index contributed by atoms with van der Waals surface area (Å²) in [5.41, 5.74) is 5.87. The lowest BCUT2D eigenvalue weighted by atomic mass is 10.0. The number of benzene rings is 2. The van der Waals surface area contributed by atoms with Crippen molar-refractivity contribution in [3.05, 3.63) is 102 Å². The highest BCUT2D eigenvalue weighted by atomic mass is 19.1. The van der Waals surface area contributed by atoms with Crippen molar-refractivity contribution in [1.82, 2.24) is 14.9 Å². The van der Waals surface area contributed by atoms with Crippen LogP contribution in [0.5, 0.6) is 0 Å². The Morgan fingerprint density at radius 2 is 1.88 bits per heavy atom. The lowest BCUT2D eigenvalue weighted by molar-refractivity contribution is 0.102. The van der Waals surface area contributed by atoms with E-state index in [9.17, 15) is 9.18 Å². The number of nitrogens with zero attached hydrogens (tertiary/aromatic N) is 2. The number of hydrogen-bond donors (Lipinski definition) is 2. The number of amides is 1. The fraction of sp³-hybridized carbons (Fsp3) is 0.185. The molecular weight excluding hydrogens is 415 g/mol. The highest BCUT2D eigenvalue weighted by Gasteiger charge is 2.17. The minimum Gasteiger partial charge on any atom is -0.359 e. The van der Waals surface area contributed by atoms with Crippen LogP contribution in [0.25, 0.3) is 16.6 Å². The minimum atomic E-state index is -0.373. The van der Waals surface area contributed by atoms with Gasteiger partial charge in [-0.1, -0.05) is 36.4 Å². The first kappa shape index (κ1) is 21.1. The van der Waals surface area contributed by atoms with Crippen LogP contribution in [0.3, 0.4) is 0 Å². The first-order valence-electron chi connectivity index (χ1n) is 11.2. The molecule has 1 amide bonds. The van der Waals surface area contributed by atoms with E-state index in [0.29, 0.717) is 11.4 Å². The molecule has 5 nitrogen and oxygen atoms in total. The zero-order valence-electron chi connectivity index (χ0n) is 18.2. The van der Waals surface area contributed by atoms with Gasteiger partial charge in [-0.05, 0) is 60.4 Å². The van der Waals surface area contributed by atoms with Gasteiger partial charge in [0.15, 0.2) is 0 Å². The number of aromatic nitrogens is 2. The summed E-state index contributed by atoms with van der Waals surface area (Å²) < 4.78 is 13.1. The van der Waals surface area contributed by atoms with Gasteiger partial charge in [0.25, 0.3) is 5.91 Å². The Labute approximate surface area is 192 Å². The Kier molecular flexibility index (Phi) is 6.00. The van der Waals surface area contributed by atoms with E-state index in [-0.39, 0.29) is 11.7 Å². The molecule has 3 heterocycles. The molecule has 0 unspecified atom stereocenters. The minimum absolute atomic E-state index is 0.315. The molecule has 4 aromatic rings. The van der Waals surface area contributed by atoms with E-state index in [1.165, 1.54) is 35.4 Å². The van der Waals surface area contributed by atoms with Gasteiger partial charge in [0.2, 0.25) is 0 Å². The molecule has 33 heavy (non-hydrogen) atoms. The van der Waals surface area contributed by atoms with Gasteiger partial charge in [0.1, 0.15) is 11.6 Å². The summed E-state index contributed by atoms with van der Waals surface area (Å²) in [4.78, 5) is 22.9. The van der Waals surface area contributed by atoms with Crippen LogP contribution in [0.15, 0.2) is 79.0 Å². The molecule has 0 bridgehead atoms. The number of H-pyrrole nitrogens is 1. The summed E-state index contributed by atoms with van der Waals surface area (Å²) in [7, 11) is 0. The van der Waals surface area contributed by atoms with Crippen LogP contribution in [0.1, 0.15) is 27.9 Å². The Hall–Kier alpha value is -3.77. The molecule has 1 aliphatic rings. The second kappa shape index (κ2) is 9.38. The molecule has 0 fully saturated rings. The summed E-state index contributed by atoms with van der Waals surface area (Å²) in [5, 5.41) is 2.82. The average Bonchev–Trinajstić information content (AvgIpc) is 3.27. The van der Waals surface area contributed by atoms with Crippen molar-refractivity contribution in [2.75, 3.05) is 25.0 Å². The van der Waals surface area contributed by atoms with Crippen molar-refractivity contribution in [2.24, 2.45) is 0 Å². The van der Waals surface area contributed by atoms with Crippen molar-refractivity contribution in [3.63, 3.8) is 0 Å². The van der Waals surface area contributed by atoms with Crippen molar-refractivity contribution >= 4 is 28.3 Å². The Balaban J connectivity index is 1.28. The number of hydrogen-bond acceptors (Lipinski definition) is 3. The highest BCUT2D eigenvalue weighted by Crippen LogP contribution is 2.29. The van der Waals surface area contributed by atoms with E-state index in [1.54, 1.807) is 6.07 Å². The van der Waals surface area contributed by atoms with E-state index in [2.05, 4.69) is 45.5 Å². The summed E-state index contributed by atoms with van der Waals surface area (Å²) in [5.74, 6) is -0.217. The van der Waals surface area contributed by atoms with Crippen LogP contribution < -0.4 is 5.32 Å². The Morgan fingerprint density at radius 1 is 1.06 bits per heavy atom. The van der Waals surface area contributed by atoms with Gasteiger partial charge >= 0.3 is 0 Å². The topological polar surface area (TPSA) is 61.0 Å². The second-order valence-corrected chi connectivity index (χ2v) is 8.27. The van der Waals surface area contributed by atoms with Crippen molar-refractivity contribution in [1.29, 1.82) is 0 Å². The molecule has 0 aliphatic carbocycles. The van der Waals surface area contributed by atoms with Crippen molar-refractivity contribution in [2.45, 2.75) is 12.8 Å². The number of nitrogens with one attached hydrogen (secondary N) is 2. The fourth-order valence-corrected chi connectivity index (χ4v) is 4.19. The molecule has 166 valence electrons. The molecule has 1 aliphatic heterocycles. The molecule has 0 radical (unpaired) electrons. The van der Waals surface area contributed by atoms with Gasteiger partial charge in [-0.15, -0.1) is 0 Å². The molecular formula is C27H25FN4O. The second-order valence-electron chi connectivity index (χ2n) is 8.27. The van der Waals surface area contributed by atoms with Gasteiger partial charge in [0, 0.05) is 37.0 Å². The smallest absolute Gasteiger partial charge is 0.256 e. The maximum Gasteiger partial charge on any atom is 0.256 e. The molecule has 0 saturated carbocycles. The molecule has 0 atom stereocenters. The summed E-state index contributed by atoms with van der Waals surface area (Å²) in [6.07, 6.45) is 6.28.